The van der Waals surface area contributed by atoms with Gasteiger partial charge in [0.15, 0.2) is 11.5 Å². The summed E-state index contributed by atoms with van der Waals surface area (Å²) in [6, 6.07) is 4.41. The van der Waals surface area contributed by atoms with E-state index in [1.807, 2.05) is 0 Å². The van der Waals surface area contributed by atoms with E-state index in [1.165, 1.54) is 16.7 Å². The van der Waals surface area contributed by atoms with Gasteiger partial charge in [-0.1, -0.05) is 25.5 Å². The number of esters is 1. The number of nitrogens with zero attached hydrogens (tertiary/aromatic N) is 1. The number of allylic oxidation sites excluding steroid dienone is 1. The molecule has 2 fully saturated rings. The number of carbonyl (C=O) groups excluding carboxylic acids is 1. The van der Waals surface area contributed by atoms with Gasteiger partial charge >= 0.3 is 5.97 Å². The van der Waals surface area contributed by atoms with Gasteiger partial charge in [-0.3, -0.25) is 9.69 Å². The van der Waals surface area contributed by atoms with Gasteiger partial charge in [0.05, 0.1) is 26.2 Å². The van der Waals surface area contributed by atoms with Crippen LogP contribution in [0.5, 0.6) is 11.5 Å². The lowest BCUT2D eigenvalue weighted by molar-refractivity contribution is -0.145. The van der Waals surface area contributed by atoms with Gasteiger partial charge in [0, 0.05) is 36.9 Å². The van der Waals surface area contributed by atoms with Crippen molar-refractivity contribution in [1.82, 2.24) is 4.90 Å². The van der Waals surface area contributed by atoms with Gasteiger partial charge in [0.1, 0.15) is 6.10 Å². The molecule has 1 saturated heterocycles. The first-order chi connectivity index (χ1) is 15.8. The van der Waals surface area contributed by atoms with E-state index in [-0.39, 0.29) is 35.4 Å². The summed E-state index contributed by atoms with van der Waals surface area (Å²) >= 11 is 0. The van der Waals surface area contributed by atoms with Crippen LogP contribution in [0.15, 0.2) is 23.8 Å². The molecule has 0 aromatic heterocycles. The van der Waals surface area contributed by atoms with Gasteiger partial charge in [-0.05, 0) is 55.4 Å². The zero-order valence-corrected chi connectivity index (χ0v) is 20.5. The summed E-state index contributed by atoms with van der Waals surface area (Å²) in [7, 11) is 3.32. The van der Waals surface area contributed by atoms with Crippen molar-refractivity contribution >= 4 is 5.97 Å². The van der Waals surface area contributed by atoms with E-state index in [2.05, 4.69) is 43.9 Å². The molecular weight excluding hydrogens is 418 g/mol. The molecule has 7 atom stereocenters. The van der Waals surface area contributed by atoms with Crippen molar-refractivity contribution in [1.29, 1.82) is 0 Å². The number of hydrogen-bond acceptors (Lipinski definition) is 6. The number of fused-ring (bicyclic) bond motifs is 3. The highest BCUT2D eigenvalue weighted by Crippen LogP contribution is 2.56. The van der Waals surface area contributed by atoms with E-state index in [1.54, 1.807) is 14.2 Å². The van der Waals surface area contributed by atoms with Crippen molar-refractivity contribution in [3.63, 3.8) is 0 Å². The average Bonchev–Trinajstić information content (AvgIpc) is 3.10. The zero-order valence-electron chi connectivity index (χ0n) is 20.5. The fraction of sp³-hybridized carbons (Fsp3) is 0.667. The van der Waals surface area contributed by atoms with Crippen LogP contribution in [-0.4, -0.2) is 55.0 Å². The monoisotopic (exact) mass is 455 g/mol. The van der Waals surface area contributed by atoms with Crippen LogP contribution in [0.1, 0.15) is 51.2 Å². The molecule has 2 aliphatic carbocycles. The number of aliphatic hydroxyl groups is 1. The number of carbonyl (C=O) groups is 1. The lowest BCUT2D eigenvalue weighted by Gasteiger charge is -2.52. The van der Waals surface area contributed by atoms with Crippen LogP contribution in [0.25, 0.3) is 0 Å². The summed E-state index contributed by atoms with van der Waals surface area (Å²) in [6.45, 7) is 8.00. The molecule has 4 aliphatic rings. The van der Waals surface area contributed by atoms with Gasteiger partial charge in [-0.15, -0.1) is 0 Å². The fourth-order valence-electron chi connectivity index (χ4n) is 6.89. The highest BCUT2D eigenvalue weighted by Gasteiger charge is 2.60. The van der Waals surface area contributed by atoms with E-state index < -0.39 is 6.10 Å². The molecule has 1 N–H and O–H groups in total. The van der Waals surface area contributed by atoms with Crippen LogP contribution in [0.2, 0.25) is 0 Å². The van der Waals surface area contributed by atoms with Gasteiger partial charge < -0.3 is 19.3 Å². The maximum absolute atomic E-state index is 13.1. The van der Waals surface area contributed by atoms with Crippen LogP contribution >= 0.6 is 0 Å². The maximum atomic E-state index is 13.1. The zero-order chi connectivity index (χ0) is 23.5. The van der Waals surface area contributed by atoms with Crippen molar-refractivity contribution in [3.05, 3.63) is 34.9 Å². The van der Waals surface area contributed by atoms with Gasteiger partial charge in [-0.25, -0.2) is 0 Å². The Bertz CT molecular complexity index is 974. The normalized spacial score (nSPS) is 38.0. The Balaban J connectivity index is 1.40. The van der Waals surface area contributed by atoms with Crippen LogP contribution in [0.3, 0.4) is 0 Å². The Hall–Kier alpha value is -2.05. The lowest BCUT2D eigenvalue weighted by Crippen LogP contribution is -2.55. The molecule has 6 heteroatoms. The minimum atomic E-state index is -0.564. The summed E-state index contributed by atoms with van der Waals surface area (Å²) in [4.78, 5) is 15.4. The summed E-state index contributed by atoms with van der Waals surface area (Å²) < 4.78 is 16.9. The predicted molar refractivity (Wildman–Crippen MR) is 125 cm³/mol. The fourth-order valence-corrected chi connectivity index (χ4v) is 6.89. The highest BCUT2D eigenvalue weighted by atomic mass is 16.6. The number of hydrogen-bond donors (Lipinski definition) is 1. The minimum absolute atomic E-state index is 0.148. The van der Waals surface area contributed by atoms with Crippen molar-refractivity contribution in [3.8, 4) is 11.5 Å². The molecule has 2 heterocycles. The topological polar surface area (TPSA) is 68.2 Å². The molecule has 1 saturated carbocycles. The van der Waals surface area contributed by atoms with E-state index in [0.29, 0.717) is 12.5 Å². The molecule has 0 spiro atoms. The first-order valence-electron chi connectivity index (χ1n) is 12.3. The van der Waals surface area contributed by atoms with Crippen molar-refractivity contribution in [2.45, 2.75) is 71.2 Å². The smallest absolute Gasteiger partial charge is 0.311 e. The molecule has 2 aliphatic heterocycles. The standard InChI is InChI=1S/C27H37NO5/c1-15-7-6-8-19-12-23-24(25(29)27(15,19)3)20(26(30)33-23)14-28-13-18-11-22(32-5)21(31-4)10-17(18)9-16(28)2/h8,10-11,15-16,20,23-25,29H,6-7,9,12-14H2,1-5H3/t15-,16-,20+,23+,24+,25-,27+/m0/s1. The molecular formula is C27H37NO5. The SMILES string of the molecule is COc1cc2c(cc1OC)CN(C[C@H]1C(=O)O[C@@H]3CC4=CCC[C@H](C)[C@@]4(C)[C@@H](O)[C@@H]31)[C@@H](C)C2. The van der Waals surface area contributed by atoms with Crippen molar-refractivity contribution < 1.29 is 24.1 Å². The Morgan fingerprint density at radius 2 is 1.85 bits per heavy atom. The minimum Gasteiger partial charge on any atom is -0.493 e. The molecule has 1 aromatic rings. The molecule has 1 aromatic carbocycles. The third-order valence-corrected chi connectivity index (χ3v) is 9.22. The average molecular weight is 456 g/mol. The van der Waals surface area contributed by atoms with Crippen LogP contribution in [-0.2, 0) is 22.5 Å². The third kappa shape index (κ3) is 3.48. The summed E-state index contributed by atoms with van der Waals surface area (Å²) in [5.41, 5.74) is 3.48. The summed E-state index contributed by atoms with van der Waals surface area (Å²) in [6.07, 6.45) is 5.29. The van der Waals surface area contributed by atoms with Gasteiger partial charge in [0.25, 0.3) is 0 Å². The Kier molecular flexibility index (Phi) is 5.73. The molecule has 0 bridgehead atoms. The number of benzene rings is 1. The molecule has 0 unspecified atom stereocenters. The highest BCUT2D eigenvalue weighted by molar-refractivity contribution is 5.76. The second-order valence-corrected chi connectivity index (χ2v) is 10.8. The van der Waals surface area contributed by atoms with E-state index in [0.717, 1.165) is 43.7 Å². The molecule has 5 rings (SSSR count). The first kappa shape index (κ1) is 22.7. The Labute approximate surface area is 196 Å². The lowest BCUT2D eigenvalue weighted by atomic mass is 9.55. The molecule has 33 heavy (non-hydrogen) atoms. The van der Waals surface area contributed by atoms with E-state index in [9.17, 15) is 9.90 Å². The van der Waals surface area contributed by atoms with E-state index >= 15 is 0 Å². The maximum Gasteiger partial charge on any atom is 0.311 e. The van der Waals surface area contributed by atoms with Crippen molar-refractivity contribution in [2.75, 3.05) is 20.8 Å². The van der Waals surface area contributed by atoms with Gasteiger partial charge in [-0.2, -0.15) is 0 Å². The van der Waals surface area contributed by atoms with Crippen LogP contribution < -0.4 is 9.47 Å². The summed E-state index contributed by atoms with van der Waals surface area (Å²) in [5, 5.41) is 11.6. The van der Waals surface area contributed by atoms with Crippen molar-refractivity contribution in [2.24, 2.45) is 23.2 Å². The number of methoxy groups -OCH3 is 2. The van der Waals surface area contributed by atoms with Crippen LogP contribution in [0, 0.1) is 23.2 Å². The molecule has 6 nitrogen and oxygen atoms in total. The third-order valence-electron chi connectivity index (χ3n) is 9.22. The second-order valence-electron chi connectivity index (χ2n) is 10.8. The molecule has 0 radical (unpaired) electrons. The summed E-state index contributed by atoms with van der Waals surface area (Å²) in [5.74, 6) is 1.27. The Morgan fingerprint density at radius 1 is 1.15 bits per heavy atom. The Morgan fingerprint density at radius 3 is 2.55 bits per heavy atom. The van der Waals surface area contributed by atoms with E-state index in [4.69, 9.17) is 14.2 Å². The first-order valence-corrected chi connectivity index (χ1v) is 12.3. The number of aliphatic hydroxyl groups excluding tert-OH is 1. The number of rotatable bonds is 4. The quantitative estimate of drug-likeness (QED) is 0.551. The second kappa shape index (κ2) is 8.31. The molecule has 0 amide bonds. The number of ether oxygens (including phenoxy) is 3. The van der Waals surface area contributed by atoms with Crippen LogP contribution in [0.4, 0.5) is 0 Å². The predicted octanol–water partition coefficient (Wildman–Crippen LogP) is 3.74. The molecule has 180 valence electrons. The largest absolute Gasteiger partial charge is 0.493 e. The van der Waals surface area contributed by atoms with Gasteiger partial charge in [0.2, 0.25) is 0 Å².